The summed E-state index contributed by atoms with van der Waals surface area (Å²) in [4.78, 5) is 23.7. The van der Waals surface area contributed by atoms with Gasteiger partial charge in [0.15, 0.2) is 0 Å². The summed E-state index contributed by atoms with van der Waals surface area (Å²) in [5.74, 6) is 2.02. The molecular weight excluding hydrogens is 350 g/mol. The Morgan fingerprint density at radius 2 is 2.14 bits per heavy atom. The van der Waals surface area contributed by atoms with Crippen molar-refractivity contribution < 1.29 is 4.79 Å². The maximum absolute atomic E-state index is 12.6. The number of likely N-dealkylation sites (tertiary alicyclic amines) is 1. The number of carbonyl (C=O) groups is 1. The van der Waals surface area contributed by atoms with Gasteiger partial charge in [-0.05, 0) is 44.1 Å². The van der Waals surface area contributed by atoms with Crippen LogP contribution in [0.2, 0.25) is 0 Å². The van der Waals surface area contributed by atoms with Gasteiger partial charge in [0.1, 0.15) is 5.82 Å². The first kappa shape index (κ1) is 18.8. The zero-order valence-electron chi connectivity index (χ0n) is 16.6. The molecule has 1 saturated heterocycles. The van der Waals surface area contributed by atoms with Gasteiger partial charge in [-0.3, -0.25) is 9.89 Å². The van der Waals surface area contributed by atoms with Crippen LogP contribution >= 0.6 is 0 Å². The van der Waals surface area contributed by atoms with Crippen molar-refractivity contribution in [2.45, 2.75) is 57.8 Å². The molecule has 2 aliphatic rings. The van der Waals surface area contributed by atoms with E-state index in [1.165, 1.54) is 0 Å². The average Bonchev–Trinajstić information content (AvgIpc) is 3.40. The van der Waals surface area contributed by atoms with Crippen molar-refractivity contribution in [3.05, 3.63) is 42.1 Å². The summed E-state index contributed by atoms with van der Waals surface area (Å²) in [6.45, 7) is 3.78. The number of hydrogen-bond acceptors (Lipinski definition) is 4. The van der Waals surface area contributed by atoms with Gasteiger partial charge in [-0.25, -0.2) is 9.97 Å². The lowest BCUT2D eigenvalue weighted by Gasteiger charge is -2.32. The van der Waals surface area contributed by atoms with E-state index in [9.17, 15) is 4.79 Å². The Labute approximate surface area is 166 Å². The Kier molecular flexibility index (Phi) is 5.84. The van der Waals surface area contributed by atoms with Gasteiger partial charge in [-0.1, -0.05) is 19.1 Å². The third-order valence-corrected chi connectivity index (χ3v) is 5.93. The molecule has 1 aliphatic heterocycles. The van der Waals surface area contributed by atoms with Gasteiger partial charge in [0.25, 0.3) is 0 Å². The molecule has 6 nitrogen and oxygen atoms in total. The van der Waals surface area contributed by atoms with Gasteiger partial charge in [0, 0.05) is 49.3 Å². The second-order valence-corrected chi connectivity index (χ2v) is 7.93. The summed E-state index contributed by atoms with van der Waals surface area (Å²) in [5.41, 5.74) is 3.15. The molecule has 2 aromatic heterocycles. The van der Waals surface area contributed by atoms with Crippen LogP contribution in [-0.4, -0.2) is 44.1 Å². The summed E-state index contributed by atoms with van der Waals surface area (Å²) in [6, 6.07) is 1.96. The van der Waals surface area contributed by atoms with Crippen molar-refractivity contribution in [2.24, 2.45) is 5.92 Å². The molecule has 1 aliphatic carbocycles. The Morgan fingerprint density at radius 3 is 2.89 bits per heavy atom. The molecule has 0 bridgehead atoms. The third-order valence-electron chi connectivity index (χ3n) is 5.93. The summed E-state index contributed by atoms with van der Waals surface area (Å²) < 4.78 is 0. The maximum atomic E-state index is 12.6. The van der Waals surface area contributed by atoms with Crippen LogP contribution in [0.5, 0.6) is 0 Å². The van der Waals surface area contributed by atoms with Crippen molar-refractivity contribution >= 4 is 5.91 Å². The van der Waals surface area contributed by atoms with E-state index in [1.54, 1.807) is 0 Å². The fraction of sp³-hybridized carbons (Fsp3) is 0.545. The second-order valence-electron chi connectivity index (χ2n) is 7.93. The normalized spacial score (nSPS) is 20.0. The predicted octanol–water partition coefficient (Wildman–Crippen LogP) is 3.88. The highest BCUT2D eigenvalue weighted by molar-refractivity contribution is 5.77. The van der Waals surface area contributed by atoms with Crippen LogP contribution in [0.1, 0.15) is 62.9 Å². The van der Waals surface area contributed by atoms with E-state index in [2.05, 4.69) is 34.3 Å². The number of rotatable bonds is 6. The number of nitrogens with zero attached hydrogens (tertiary/aromatic N) is 4. The summed E-state index contributed by atoms with van der Waals surface area (Å²) in [6.07, 6.45) is 14.9. The summed E-state index contributed by atoms with van der Waals surface area (Å²) in [7, 11) is 0. The van der Waals surface area contributed by atoms with Gasteiger partial charge in [0.2, 0.25) is 5.91 Å². The molecule has 0 radical (unpaired) electrons. The van der Waals surface area contributed by atoms with Crippen LogP contribution in [0.3, 0.4) is 0 Å². The molecule has 0 aromatic carbocycles. The zero-order chi connectivity index (χ0) is 19.3. The lowest BCUT2D eigenvalue weighted by atomic mass is 9.90. The zero-order valence-corrected chi connectivity index (χ0v) is 16.6. The van der Waals surface area contributed by atoms with E-state index in [0.717, 1.165) is 74.4 Å². The standard InChI is InChI=1S/C22H29N5O/c1-2-5-20-23-11-8-19(25-20)18-15-24-26-22(18)17-9-12-27(13-10-17)21(28)14-16-6-3-4-7-16/h3,6,8,11,15-17H,2,4-5,7,9-10,12-14H2,1H3,(H,24,26)/t16-/m0/s1. The Morgan fingerprint density at radius 1 is 1.29 bits per heavy atom. The van der Waals surface area contributed by atoms with Crippen molar-refractivity contribution in [3.63, 3.8) is 0 Å². The molecule has 1 fully saturated rings. The lowest BCUT2D eigenvalue weighted by molar-refractivity contribution is -0.132. The van der Waals surface area contributed by atoms with Crippen LogP contribution < -0.4 is 0 Å². The number of carbonyl (C=O) groups excluding carboxylic acids is 1. The number of aromatic amines is 1. The minimum absolute atomic E-state index is 0.305. The molecule has 0 spiro atoms. The highest BCUT2D eigenvalue weighted by Gasteiger charge is 2.28. The fourth-order valence-corrected chi connectivity index (χ4v) is 4.34. The van der Waals surface area contributed by atoms with E-state index >= 15 is 0 Å². The average molecular weight is 380 g/mol. The number of nitrogens with one attached hydrogen (secondary N) is 1. The first-order chi connectivity index (χ1) is 13.7. The molecule has 2 aromatic rings. The fourth-order valence-electron chi connectivity index (χ4n) is 4.34. The van der Waals surface area contributed by atoms with Crippen molar-refractivity contribution in [1.29, 1.82) is 0 Å². The molecule has 3 heterocycles. The molecule has 6 heteroatoms. The van der Waals surface area contributed by atoms with Gasteiger partial charge >= 0.3 is 0 Å². The number of aryl methyl sites for hydroxylation is 1. The molecule has 1 atom stereocenters. The summed E-state index contributed by atoms with van der Waals surface area (Å²) >= 11 is 0. The molecule has 1 amide bonds. The minimum Gasteiger partial charge on any atom is -0.343 e. The van der Waals surface area contributed by atoms with Gasteiger partial charge in [0.05, 0.1) is 11.9 Å². The highest BCUT2D eigenvalue weighted by atomic mass is 16.2. The molecule has 4 rings (SSSR count). The number of aromatic nitrogens is 4. The van der Waals surface area contributed by atoms with Crippen LogP contribution in [0.15, 0.2) is 30.6 Å². The van der Waals surface area contributed by atoms with E-state index in [4.69, 9.17) is 4.98 Å². The number of piperidine rings is 1. The van der Waals surface area contributed by atoms with Gasteiger partial charge < -0.3 is 4.90 Å². The Hall–Kier alpha value is -2.50. The van der Waals surface area contributed by atoms with Gasteiger partial charge in [-0.15, -0.1) is 0 Å². The molecule has 148 valence electrons. The predicted molar refractivity (Wildman–Crippen MR) is 109 cm³/mol. The SMILES string of the molecule is CCCc1nccc(-c2cn[nH]c2C2CCN(C(=O)C[C@H]3C=CCC3)CC2)n1. The monoisotopic (exact) mass is 379 g/mol. The van der Waals surface area contributed by atoms with E-state index in [-0.39, 0.29) is 0 Å². The summed E-state index contributed by atoms with van der Waals surface area (Å²) in [5, 5.41) is 7.50. The van der Waals surface area contributed by atoms with E-state index < -0.39 is 0 Å². The second kappa shape index (κ2) is 8.67. The van der Waals surface area contributed by atoms with Crippen molar-refractivity contribution in [2.75, 3.05) is 13.1 Å². The number of H-pyrrole nitrogens is 1. The Bertz CT molecular complexity index is 835. The third kappa shape index (κ3) is 4.16. The molecule has 1 N–H and O–H groups in total. The van der Waals surface area contributed by atoms with E-state index in [1.807, 2.05) is 23.4 Å². The lowest BCUT2D eigenvalue weighted by Crippen LogP contribution is -2.38. The van der Waals surface area contributed by atoms with Crippen molar-refractivity contribution in [1.82, 2.24) is 25.1 Å². The smallest absolute Gasteiger partial charge is 0.223 e. The molecular formula is C22H29N5O. The first-order valence-electron chi connectivity index (χ1n) is 10.5. The van der Waals surface area contributed by atoms with Crippen LogP contribution in [0.4, 0.5) is 0 Å². The molecule has 0 saturated carbocycles. The van der Waals surface area contributed by atoms with Gasteiger partial charge in [-0.2, -0.15) is 5.10 Å². The number of hydrogen-bond donors (Lipinski definition) is 1. The number of allylic oxidation sites excluding steroid dienone is 2. The molecule has 0 unspecified atom stereocenters. The van der Waals surface area contributed by atoms with Crippen LogP contribution in [-0.2, 0) is 11.2 Å². The Balaban J connectivity index is 1.40. The minimum atomic E-state index is 0.305. The maximum Gasteiger partial charge on any atom is 0.223 e. The molecule has 28 heavy (non-hydrogen) atoms. The van der Waals surface area contributed by atoms with E-state index in [0.29, 0.717) is 24.2 Å². The van der Waals surface area contributed by atoms with Crippen LogP contribution in [0, 0.1) is 5.92 Å². The largest absolute Gasteiger partial charge is 0.343 e. The quantitative estimate of drug-likeness (QED) is 0.773. The van der Waals surface area contributed by atoms with Crippen molar-refractivity contribution in [3.8, 4) is 11.3 Å². The first-order valence-corrected chi connectivity index (χ1v) is 10.5. The van der Waals surface area contributed by atoms with Crippen LogP contribution in [0.25, 0.3) is 11.3 Å². The topological polar surface area (TPSA) is 74.8 Å². The highest BCUT2D eigenvalue weighted by Crippen LogP contribution is 2.33. The number of amides is 1.